The lowest BCUT2D eigenvalue weighted by molar-refractivity contribution is 0.215. The first-order valence-corrected chi connectivity index (χ1v) is 4.47. The van der Waals surface area contributed by atoms with Gasteiger partial charge in [0.05, 0.1) is 10.9 Å². The molecule has 5 heteroatoms. The van der Waals surface area contributed by atoms with Crippen LogP contribution >= 0.6 is 11.5 Å². The molecule has 0 spiro atoms. The molecule has 0 fully saturated rings. The van der Waals surface area contributed by atoms with Crippen molar-refractivity contribution in [2.75, 3.05) is 7.11 Å². The highest BCUT2D eigenvalue weighted by molar-refractivity contribution is 7.13. The van der Waals surface area contributed by atoms with Gasteiger partial charge in [0, 0.05) is 5.56 Å². The maximum absolute atomic E-state index is 4.60. The van der Waals surface area contributed by atoms with Crippen molar-refractivity contribution >= 4 is 28.0 Å². The third-order valence-corrected chi connectivity index (χ3v) is 2.39. The van der Waals surface area contributed by atoms with E-state index in [1.807, 2.05) is 18.2 Å². The van der Waals surface area contributed by atoms with Crippen LogP contribution in [0.4, 0.5) is 0 Å². The second-order valence-corrected chi connectivity index (χ2v) is 3.14. The lowest BCUT2D eigenvalue weighted by Gasteiger charge is -1.91. The molecule has 0 saturated carbocycles. The second kappa shape index (κ2) is 3.49. The minimum absolute atomic E-state index is 0.894. The van der Waals surface area contributed by atoms with Crippen LogP contribution in [0.25, 0.3) is 10.2 Å². The van der Waals surface area contributed by atoms with Gasteiger partial charge in [-0.2, -0.15) is 0 Å². The Bertz CT molecular complexity index is 438. The van der Waals surface area contributed by atoms with Gasteiger partial charge in [0.1, 0.15) is 12.6 Å². The molecule has 0 bridgehead atoms. The van der Waals surface area contributed by atoms with Gasteiger partial charge in [-0.15, -0.1) is 5.10 Å². The fraction of sp³-hybridized carbons (Fsp3) is 0.125. The van der Waals surface area contributed by atoms with Gasteiger partial charge in [0.25, 0.3) is 0 Å². The van der Waals surface area contributed by atoms with Crippen LogP contribution in [0.1, 0.15) is 5.56 Å². The summed E-state index contributed by atoms with van der Waals surface area (Å²) in [6.07, 6.45) is 1.65. The molecule has 0 aliphatic rings. The smallest absolute Gasteiger partial charge is 0.106 e. The number of nitrogens with zero attached hydrogens (tertiary/aromatic N) is 3. The fourth-order valence-electron chi connectivity index (χ4n) is 1.04. The minimum Gasteiger partial charge on any atom is -0.399 e. The Morgan fingerprint density at radius 1 is 1.54 bits per heavy atom. The highest BCUT2D eigenvalue weighted by Gasteiger charge is 2.01. The Hall–Kier alpha value is -1.49. The van der Waals surface area contributed by atoms with Gasteiger partial charge in [-0.25, -0.2) is 0 Å². The van der Waals surface area contributed by atoms with E-state index < -0.39 is 0 Å². The first-order valence-electron chi connectivity index (χ1n) is 3.69. The van der Waals surface area contributed by atoms with E-state index in [9.17, 15) is 0 Å². The highest BCUT2D eigenvalue weighted by atomic mass is 32.1. The maximum Gasteiger partial charge on any atom is 0.106 e. The highest BCUT2D eigenvalue weighted by Crippen LogP contribution is 2.18. The average molecular weight is 193 g/mol. The topological polar surface area (TPSA) is 47.4 Å². The van der Waals surface area contributed by atoms with Gasteiger partial charge in [-0.1, -0.05) is 21.8 Å². The number of rotatable bonds is 2. The zero-order chi connectivity index (χ0) is 9.10. The van der Waals surface area contributed by atoms with Crippen molar-refractivity contribution in [1.82, 2.24) is 9.59 Å². The quantitative estimate of drug-likeness (QED) is 0.538. The van der Waals surface area contributed by atoms with E-state index in [-0.39, 0.29) is 0 Å². The van der Waals surface area contributed by atoms with E-state index in [1.165, 1.54) is 18.6 Å². The largest absolute Gasteiger partial charge is 0.399 e. The van der Waals surface area contributed by atoms with Gasteiger partial charge in [0.15, 0.2) is 0 Å². The van der Waals surface area contributed by atoms with E-state index in [4.69, 9.17) is 0 Å². The van der Waals surface area contributed by atoms with Crippen molar-refractivity contribution in [2.24, 2.45) is 5.16 Å². The monoisotopic (exact) mass is 193 g/mol. The van der Waals surface area contributed by atoms with Crippen LogP contribution in [0, 0.1) is 0 Å². The van der Waals surface area contributed by atoms with Gasteiger partial charge >= 0.3 is 0 Å². The molecule has 0 aliphatic carbocycles. The number of aromatic nitrogens is 2. The van der Waals surface area contributed by atoms with E-state index >= 15 is 0 Å². The Morgan fingerprint density at radius 3 is 3.31 bits per heavy atom. The summed E-state index contributed by atoms with van der Waals surface area (Å²) in [5.74, 6) is 0. The minimum atomic E-state index is 0.894. The van der Waals surface area contributed by atoms with Crippen molar-refractivity contribution in [1.29, 1.82) is 0 Å². The van der Waals surface area contributed by atoms with E-state index in [0.29, 0.717) is 0 Å². The molecule has 1 heterocycles. The van der Waals surface area contributed by atoms with Crippen LogP contribution in [0.2, 0.25) is 0 Å². The fourth-order valence-corrected chi connectivity index (χ4v) is 1.68. The molecule has 1 aromatic heterocycles. The van der Waals surface area contributed by atoms with Crippen molar-refractivity contribution in [2.45, 2.75) is 0 Å². The van der Waals surface area contributed by atoms with Crippen molar-refractivity contribution in [3.05, 3.63) is 23.8 Å². The average Bonchev–Trinajstić information content (AvgIpc) is 2.62. The summed E-state index contributed by atoms with van der Waals surface area (Å²) in [4.78, 5) is 4.60. The summed E-state index contributed by atoms with van der Waals surface area (Å²) in [6, 6.07) is 5.79. The third kappa shape index (κ3) is 1.50. The molecule has 0 N–H and O–H groups in total. The van der Waals surface area contributed by atoms with E-state index in [2.05, 4.69) is 19.6 Å². The molecule has 0 unspecified atom stereocenters. The summed E-state index contributed by atoms with van der Waals surface area (Å²) in [6.45, 7) is 0. The summed E-state index contributed by atoms with van der Waals surface area (Å²) in [5, 5.41) is 7.65. The van der Waals surface area contributed by atoms with E-state index in [1.54, 1.807) is 6.21 Å². The van der Waals surface area contributed by atoms with Crippen molar-refractivity contribution in [3.63, 3.8) is 0 Å². The van der Waals surface area contributed by atoms with Gasteiger partial charge < -0.3 is 4.84 Å². The van der Waals surface area contributed by atoms with Crippen LogP contribution in [-0.2, 0) is 4.84 Å². The molecule has 0 radical (unpaired) electrons. The third-order valence-electron chi connectivity index (χ3n) is 1.60. The summed E-state index contributed by atoms with van der Waals surface area (Å²) >= 11 is 1.36. The van der Waals surface area contributed by atoms with Gasteiger partial charge in [-0.05, 0) is 17.6 Å². The Labute approximate surface area is 79.0 Å². The van der Waals surface area contributed by atoms with Crippen LogP contribution < -0.4 is 0 Å². The molecule has 13 heavy (non-hydrogen) atoms. The number of hydrogen-bond donors (Lipinski definition) is 0. The summed E-state index contributed by atoms with van der Waals surface area (Å²) < 4.78 is 4.89. The van der Waals surface area contributed by atoms with E-state index in [0.717, 1.165) is 15.8 Å². The first kappa shape index (κ1) is 8.12. The lowest BCUT2D eigenvalue weighted by Crippen LogP contribution is -1.81. The summed E-state index contributed by atoms with van der Waals surface area (Å²) in [7, 11) is 1.52. The molecule has 0 saturated heterocycles. The van der Waals surface area contributed by atoms with Gasteiger partial charge in [-0.3, -0.25) is 0 Å². The van der Waals surface area contributed by atoms with Crippen LogP contribution in [0.3, 0.4) is 0 Å². The number of fused-ring (bicyclic) bond motifs is 1. The van der Waals surface area contributed by atoms with Crippen molar-refractivity contribution in [3.8, 4) is 0 Å². The molecule has 1 aromatic carbocycles. The molecule has 2 rings (SSSR count). The molecule has 66 valence electrons. The zero-order valence-electron chi connectivity index (χ0n) is 6.97. The second-order valence-electron chi connectivity index (χ2n) is 2.39. The molecule has 2 aromatic rings. The molecular weight excluding hydrogens is 186 g/mol. The Morgan fingerprint density at radius 2 is 2.46 bits per heavy atom. The molecular formula is C8H7N3OS. The van der Waals surface area contributed by atoms with Crippen LogP contribution in [0.5, 0.6) is 0 Å². The number of hydrogen-bond acceptors (Lipinski definition) is 5. The molecule has 0 amide bonds. The predicted octanol–water partition coefficient (Wildman–Crippen LogP) is 1.67. The predicted molar refractivity (Wildman–Crippen MR) is 52.0 cm³/mol. The SMILES string of the molecule is CO/N=C\c1cccc2nnsc12. The number of benzene rings is 1. The normalized spacial score (nSPS) is 11.2. The van der Waals surface area contributed by atoms with Gasteiger partial charge in [0.2, 0.25) is 0 Å². The molecule has 4 nitrogen and oxygen atoms in total. The zero-order valence-corrected chi connectivity index (χ0v) is 7.78. The first-order chi connectivity index (χ1) is 6.42. The Balaban J connectivity index is 2.54. The van der Waals surface area contributed by atoms with Crippen molar-refractivity contribution < 1.29 is 4.84 Å². The number of oxime groups is 1. The van der Waals surface area contributed by atoms with Crippen LogP contribution in [-0.4, -0.2) is 22.9 Å². The lowest BCUT2D eigenvalue weighted by atomic mass is 10.2. The maximum atomic E-state index is 4.60. The summed E-state index contributed by atoms with van der Waals surface area (Å²) in [5.41, 5.74) is 1.87. The standard InChI is InChI=1S/C8H7N3OS/c1-12-9-5-6-3-2-4-7-8(6)13-11-10-7/h2-5H,1H3/b9-5-. The Kier molecular flexibility index (Phi) is 2.18. The molecule has 0 aliphatic heterocycles. The van der Waals surface area contributed by atoms with Crippen LogP contribution in [0.15, 0.2) is 23.4 Å². The molecule has 0 atom stereocenters.